The molecule has 0 fully saturated rings. The molecule has 0 aromatic rings. The molecule has 0 aromatic heterocycles. The molecule has 0 radical (unpaired) electrons. The second kappa shape index (κ2) is 29.9. The first-order chi connectivity index (χ1) is 21.2. The highest BCUT2D eigenvalue weighted by Gasteiger charge is 2.27. The van der Waals surface area contributed by atoms with Gasteiger partial charge in [-0.3, -0.25) is 18.6 Å². The molecule has 0 rings (SSSR count). The minimum absolute atomic E-state index is 0.149. The monoisotopic (exact) mass is 646 g/mol. The summed E-state index contributed by atoms with van der Waals surface area (Å²) < 4.78 is 32.3. The van der Waals surface area contributed by atoms with E-state index in [-0.39, 0.29) is 19.4 Å². The Labute approximate surface area is 265 Å². The van der Waals surface area contributed by atoms with Crippen LogP contribution in [-0.4, -0.2) is 65.7 Å². The van der Waals surface area contributed by atoms with E-state index >= 15 is 0 Å². The lowest BCUT2D eigenvalue weighted by Crippen LogP contribution is -2.29. The fraction of sp³-hybridized carbons (Fsp3) is 0.758. The molecule has 0 bridgehead atoms. The van der Waals surface area contributed by atoms with Crippen molar-refractivity contribution in [2.45, 2.75) is 135 Å². The van der Waals surface area contributed by atoms with Crippen molar-refractivity contribution in [1.82, 2.24) is 0 Å². The van der Waals surface area contributed by atoms with E-state index in [1.165, 1.54) is 25.7 Å². The predicted octanol–water partition coefficient (Wildman–Crippen LogP) is 7.27. The first-order valence-electron chi connectivity index (χ1n) is 16.4. The first-order valence-corrected chi connectivity index (χ1v) is 17.9. The van der Waals surface area contributed by atoms with E-state index in [2.05, 4.69) is 54.8 Å². The fourth-order valence-electron chi connectivity index (χ4n) is 4.00. The van der Waals surface area contributed by atoms with Gasteiger partial charge in [0.2, 0.25) is 0 Å². The summed E-state index contributed by atoms with van der Waals surface area (Å²) in [5.74, 6) is -0.969. The summed E-state index contributed by atoms with van der Waals surface area (Å²) >= 11 is 0. The topological polar surface area (TPSA) is 149 Å². The maximum Gasteiger partial charge on any atom is 0.472 e. The number of ether oxygens (including phenoxy) is 2. The molecule has 3 atom stereocenters. The van der Waals surface area contributed by atoms with Crippen LogP contribution in [0.5, 0.6) is 0 Å². The van der Waals surface area contributed by atoms with Crippen molar-refractivity contribution < 1.29 is 47.8 Å². The third kappa shape index (κ3) is 28.9. The molecule has 10 nitrogen and oxygen atoms in total. The quantitative estimate of drug-likeness (QED) is 0.0315. The van der Waals surface area contributed by atoms with Crippen molar-refractivity contribution in [1.29, 1.82) is 0 Å². The number of phosphoric acid groups is 1. The van der Waals surface area contributed by atoms with E-state index in [9.17, 15) is 24.2 Å². The van der Waals surface area contributed by atoms with E-state index < -0.39 is 51.8 Å². The van der Waals surface area contributed by atoms with Crippen molar-refractivity contribution in [2.24, 2.45) is 0 Å². The highest BCUT2D eigenvalue weighted by Crippen LogP contribution is 2.43. The Hall–Kier alpha value is -1.81. The van der Waals surface area contributed by atoms with Crippen LogP contribution in [0.1, 0.15) is 123 Å². The number of rotatable bonds is 30. The Morgan fingerprint density at radius 3 is 1.89 bits per heavy atom. The molecule has 11 heteroatoms. The number of allylic oxidation sites excluding steroid dienone is 6. The maximum atomic E-state index is 12.4. The van der Waals surface area contributed by atoms with Gasteiger partial charge in [0.1, 0.15) is 12.7 Å². The van der Waals surface area contributed by atoms with Gasteiger partial charge >= 0.3 is 19.8 Å². The molecule has 3 N–H and O–H groups in total. The van der Waals surface area contributed by atoms with Gasteiger partial charge in [0.25, 0.3) is 0 Å². The first kappa shape index (κ1) is 42.2. The highest BCUT2D eigenvalue weighted by atomic mass is 31.2. The Morgan fingerprint density at radius 1 is 0.705 bits per heavy atom. The highest BCUT2D eigenvalue weighted by molar-refractivity contribution is 7.47. The van der Waals surface area contributed by atoms with Gasteiger partial charge in [0, 0.05) is 12.8 Å². The van der Waals surface area contributed by atoms with Crippen molar-refractivity contribution in [2.75, 3.05) is 26.4 Å². The Balaban J connectivity index is 4.51. The summed E-state index contributed by atoms with van der Waals surface area (Å²) in [4.78, 5) is 34.5. The third-order valence-corrected chi connectivity index (χ3v) is 7.51. The largest absolute Gasteiger partial charge is 0.472 e. The van der Waals surface area contributed by atoms with Gasteiger partial charge in [0.15, 0.2) is 6.10 Å². The smallest absolute Gasteiger partial charge is 0.462 e. The summed E-state index contributed by atoms with van der Waals surface area (Å²) in [6.07, 6.45) is 25.7. The molecule has 0 aliphatic carbocycles. The summed E-state index contributed by atoms with van der Waals surface area (Å²) in [5, 5.41) is 18.2. The minimum atomic E-state index is -4.61. The lowest BCUT2D eigenvalue weighted by Gasteiger charge is -2.20. The van der Waals surface area contributed by atoms with Crippen LogP contribution >= 0.6 is 7.82 Å². The van der Waals surface area contributed by atoms with Crippen molar-refractivity contribution in [3.8, 4) is 0 Å². The number of carbonyl (C=O) groups is 2. The van der Waals surface area contributed by atoms with Gasteiger partial charge in [-0.2, -0.15) is 0 Å². The summed E-state index contributed by atoms with van der Waals surface area (Å²) in [7, 11) is -4.61. The number of carbonyl (C=O) groups excluding carboxylic acids is 2. The van der Waals surface area contributed by atoms with Crippen LogP contribution in [0.15, 0.2) is 36.5 Å². The SMILES string of the molecule is CC/C=C\C/C=C\C/C=C\CCCCCC(=O)OC(COC(=O)CCCCCCCCCC)COP(=O)(O)OCC(O)CO. The van der Waals surface area contributed by atoms with Crippen LogP contribution in [0, 0.1) is 0 Å². The van der Waals surface area contributed by atoms with Gasteiger partial charge in [-0.05, 0) is 44.9 Å². The van der Waals surface area contributed by atoms with E-state index in [1.807, 2.05) is 0 Å². The molecule has 0 aliphatic heterocycles. The molecule has 0 spiro atoms. The number of hydrogen-bond acceptors (Lipinski definition) is 9. The van der Waals surface area contributed by atoms with Crippen LogP contribution in [0.3, 0.4) is 0 Å². The van der Waals surface area contributed by atoms with Crippen molar-refractivity contribution >= 4 is 19.8 Å². The summed E-state index contributed by atoms with van der Waals surface area (Å²) in [5.41, 5.74) is 0. The molecule has 0 saturated heterocycles. The third-order valence-electron chi connectivity index (χ3n) is 6.56. The zero-order valence-electron chi connectivity index (χ0n) is 27.1. The van der Waals surface area contributed by atoms with Crippen molar-refractivity contribution in [3.63, 3.8) is 0 Å². The standard InChI is InChI=1S/C33H59O10P/c1-3-5-7-9-11-13-14-15-16-17-19-21-23-25-33(37)43-31(29-42-44(38,39)41-27-30(35)26-34)28-40-32(36)24-22-20-18-12-10-8-6-4-2/h5,7,11,13,15-16,30-31,34-35H,3-4,6,8-10,12,14,17-29H2,1-2H3,(H,38,39)/b7-5-,13-11-,16-15-. The van der Waals surface area contributed by atoms with Gasteiger partial charge in [0.05, 0.1) is 19.8 Å². The number of unbranched alkanes of at least 4 members (excludes halogenated alkanes) is 10. The number of hydrogen-bond donors (Lipinski definition) is 3. The van der Waals surface area contributed by atoms with E-state index in [1.54, 1.807) is 0 Å². The van der Waals surface area contributed by atoms with Gasteiger partial charge < -0.3 is 24.6 Å². The lowest BCUT2D eigenvalue weighted by atomic mass is 10.1. The number of aliphatic hydroxyl groups excluding tert-OH is 2. The van der Waals surface area contributed by atoms with Crippen LogP contribution in [-0.2, 0) is 32.7 Å². The van der Waals surface area contributed by atoms with Crippen LogP contribution < -0.4 is 0 Å². The number of esters is 2. The molecule has 44 heavy (non-hydrogen) atoms. The van der Waals surface area contributed by atoms with Crippen LogP contribution in [0.25, 0.3) is 0 Å². The average molecular weight is 647 g/mol. The van der Waals surface area contributed by atoms with E-state index in [0.29, 0.717) is 12.8 Å². The van der Waals surface area contributed by atoms with Gasteiger partial charge in [-0.25, -0.2) is 4.57 Å². The Bertz CT molecular complexity index is 842. The molecular formula is C33H59O10P. The van der Waals surface area contributed by atoms with Crippen LogP contribution in [0.4, 0.5) is 0 Å². The molecule has 0 amide bonds. The van der Waals surface area contributed by atoms with Gasteiger partial charge in [-0.1, -0.05) is 102 Å². The summed E-state index contributed by atoms with van der Waals surface area (Å²) in [6.45, 7) is 2.15. The summed E-state index contributed by atoms with van der Waals surface area (Å²) in [6, 6.07) is 0. The Morgan fingerprint density at radius 2 is 1.25 bits per heavy atom. The zero-order chi connectivity index (χ0) is 32.7. The molecule has 3 unspecified atom stereocenters. The van der Waals surface area contributed by atoms with Crippen molar-refractivity contribution in [3.05, 3.63) is 36.5 Å². The maximum absolute atomic E-state index is 12.4. The van der Waals surface area contributed by atoms with E-state index in [0.717, 1.165) is 57.8 Å². The number of aliphatic hydroxyl groups is 2. The molecular weight excluding hydrogens is 587 g/mol. The second-order valence-electron chi connectivity index (χ2n) is 10.8. The van der Waals surface area contributed by atoms with Gasteiger partial charge in [-0.15, -0.1) is 0 Å². The lowest BCUT2D eigenvalue weighted by molar-refractivity contribution is -0.161. The molecule has 256 valence electrons. The normalized spacial score (nSPS) is 14.8. The van der Waals surface area contributed by atoms with Crippen LogP contribution in [0.2, 0.25) is 0 Å². The molecule has 0 heterocycles. The average Bonchev–Trinajstić information content (AvgIpc) is 3.00. The second-order valence-corrected chi connectivity index (χ2v) is 12.3. The number of phosphoric ester groups is 1. The molecule has 0 aromatic carbocycles. The molecule has 0 saturated carbocycles. The van der Waals surface area contributed by atoms with E-state index in [4.69, 9.17) is 19.1 Å². The zero-order valence-corrected chi connectivity index (χ0v) is 28.0. The minimum Gasteiger partial charge on any atom is -0.462 e. The predicted molar refractivity (Wildman–Crippen MR) is 173 cm³/mol. The fourth-order valence-corrected chi connectivity index (χ4v) is 4.79. The molecule has 0 aliphatic rings. The Kier molecular flexibility index (Phi) is 28.6.